The van der Waals surface area contributed by atoms with Crippen molar-refractivity contribution in [2.24, 2.45) is 5.73 Å². The number of ether oxygens (including phenoxy) is 1. The van der Waals surface area contributed by atoms with E-state index >= 15 is 0 Å². The fraction of sp³-hybridized carbons (Fsp3) is 0.636. The molecule has 1 aromatic heterocycles. The van der Waals surface area contributed by atoms with Crippen LogP contribution in [0.25, 0.3) is 0 Å². The fourth-order valence-electron chi connectivity index (χ4n) is 1.52. The van der Waals surface area contributed by atoms with E-state index in [0.717, 1.165) is 18.7 Å². The summed E-state index contributed by atoms with van der Waals surface area (Å²) >= 11 is 0. The number of hydrogen-bond donors (Lipinski definition) is 2. The molecule has 1 aromatic rings. The van der Waals surface area contributed by atoms with Crippen molar-refractivity contribution in [3.8, 4) is 5.88 Å². The van der Waals surface area contributed by atoms with Gasteiger partial charge in [-0.25, -0.2) is 9.97 Å². The maximum atomic E-state index is 5.70. The summed E-state index contributed by atoms with van der Waals surface area (Å²) in [6.07, 6.45) is 3.83. The van der Waals surface area contributed by atoms with E-state index < -0.39 is 0 Å². The number of nitrogens with two attached hydrogens (primary N) is 1. The van der Waals surface area contributed by atoms with Gasteiger partial charge in [-0.3, -0.25) is 0 Å². The van der Waals surface area contributed by atoms with Gasteiger partial charge in [-0.1, -0.05) is 0 Å². The second-order valence-corrected chi connectivity index (χ2v) is 4.52. The average molecular weight is 222 g/mol. The molecule has 1 aliphatic rings. The minimum Gasteiger partial charge on any atom is -0.475 e. The highest BCUT2D eigenvalue weighted by molar-refractivity contribution is 5.42. The van der Waals surface area contributed by atoms with Crippen LogP contribution in [0.1, 0.15) is 26.7 Å². The Bertz CT molecular complexity index is 363. The van der Waals surface area contributed by atoms with Gasteiger partial charge in [0.25, 0.3) is 0 Å². The molecule has 5 nitrogen and oxygen atoms in total. The minimum absolute atomic E-state index is 0.0590. The lowest BCUT2D eigenvalue weighted by molar-refractivity contribution is 0.232. The quantitative estimate of drug-likeness (QED) is 0.782. The smallest absolute Gasteiger partial charge is 0.218 e. The molecule has 2 rings (SSSR count). The summed E-state index contributed by atoms with van der Waals surface area (Å²) in [6, 6.07) is 1.82. The van der Waals surface area contributed by atoms with Gasteiger partial charge in [-0.15, -0.1) is 0 Å². The van der Waals surface area contributed by atoms with E-state index in [9.17, 15) is 0 Å². The summed E-state index contributed by atoms with van der Waals surface area (Å²) < 4.78 is 5.50. The molecular weight excluding hydrogens is 204 g/mol. The van der Waals surface area contributed by atoms with Crippen LogP contribution >= 0.6 is 0 Å². The largest absolute Gasteiger partial charge is 0.475 e. The zero-order valence-electron chi connectivity index (χ0n) is 9.73. The van der Waals surface area contributed by atoms with Crippen molar-refractivity contribution in [1.82, 2.24) is 9.97 Å². The lowest BCUT2D eigenvalue weighted by Gasteiger charge is -2.16. The van der Waals surface area contributed by atoms with Gasteiger partial charge in [0.2, 0.25) is 5.88 Å². The predicted octanol–water partition coefficient (Wildman–Crippen LogP) is 1.17. The fourth-order valence-corrected chi connectivity index (χ4v) is 1.52. The number of hydrogen-bond acceptors (Lipinski definition) is 5. The maximum absolute atomic E-state index is 5.70. The van der Waals surface area contributed by atoms with Crippen molar-refractivity contribution >= 4 is 5.82 Å². The van der Waals surface area contributed by atoms with Crippen LogP contribution < -0.4 is 15.8 Å². The molecule has 88 valence electrons. The van der Waals surface area contributed by atoms with Crippen molar-refractivity contribution in [3.05, 3.63) is 12.4 Å². The van der Waals surface area contributed by atoms with Crippen molar-refractivity contribution in [3.63, 3.8) is 0 Å². The molecule has 1 heterocycles. The molecule has 1 fully saturated rings. The lowest BCUT2D eigenvalue weighted by Crippen LogP contribution is -2.31. The van der Waals surface area contributed by atoms with Crippen LogP contribution in [0.4, 0.5) is 5.82 Å². The van der Waals surface area contributed by atoms with E-state index in [0.29, 0.717) is 12.4 Å². The van der Waals surface area contributed by atoms with Crippen molar-refractivity contribution < 1.29 is 4.74 Å². The van der Waals surface area contributed by atoms with Crippen LogP contribution in [0.3, 0.4) is 0 Å². The van der Waals surface area contributed by atoms with Crippen LogP contribution in [0.5, 0.6) is 5.88 Å². The Morgan fingerprint density at radius 1 is 1.50 bits per heavy atom. The van der Waals surface area contributed by atoms with E-state index in [1.165, 1.54) is 6.33 Å². The summed E-state index contributed by atoms with van der Waals surface area (Å²) in [6.45, 7) is 4.58. The first-order valence-electron chi connectivity index (χ1n) is 5.60. The van der Waals surface area contributed by atoms with Crippen LogP contribution in [-0.2, 0) is 0 Å². The molecular formula is C11H18N4O. The zero-order chi connectivity index (χ0) is 11.6. The third-order valence-corrected chi connectivity index (χ3v) is 2.64. The van der Waals surface area contributed by atoms with E-state index in [-0.39, 0.29) is 11.6 Å². The zero-order valence-corrected chi connectivity index (χ0v) is 9.73. The summed E-state index contributed by atoms with van der Waals surface area (Å²) in [5.74, 6) is 1.38. The topological polar surface area (TPSA) is 73.1 Å². The van der Waals surface area contributed by atoms with E-state index in [2.05, 4.69) is 15.3 Å². The second-order valence-electron chi connectivity index (χ2n) is 4.52. The van der Waals surface area contributed by atoms with Gasteiger partial charge in [-0.2, -0.15) is 0 Å². The predicted molar refractivity (Wildman–Crippen MR) is 62.4 cm³/mol. The number of anilines is 1. The number of rotatable bonds is 5. The molecule has 0 atom stereocenters. The Labute approximate surface area is 95.4 Å². The molecule has 0 bridgehead atoms. The maximum Gasteiger partial charge on any atom is 0.218 e. The summed E-state index contributed by atoms with van der Waals surface area (Å²) in [5.41, 5.74) is 5.76. The molecule has 16 heavy (non-hydrogen) atoms. The first-order valence-corrected chi connectivity index (χ1v) is 5.60. The molecule has 0 saturated heterocycles. The van der Waals surface area contributed by atoms with Crippen molar-refractivity contribution in [1.29, 1.82) is 0 Å². The molecule has 0 aliphatic heterocycles. The highest BCUT2D eigenvalue weighted by Crippen LogP contribution is 2.37. The van der Waals surface area contributed by atoms with Crippen molar-refractivity contribution in [2.45, 2.75) is 38.3 Å². The van der Waals surface area contributed by atoms with Gasteiger partial charge < -0.3 is 15.8 Å². The monoisotopic (exact) mass is 222 g/mol. The highest BCUT2D eigenvalue weighted by atomic mass is 16.5. The van der Waals surface area contributed by atoms with Gasteiger partial charge in [-0.05, 0) is 26.7 Å². The SMILES string of the molecule is CC(C)Oc1cc(NC2(CN)CC2)ncn1. The van der Waals surface area contributed by atoms with Gasteiger partial charge in [0.05, 0.1) is 11.6 Å². The molecule has 0 radical (unpaired) electrons. The Kier molecular flexibility index (Phi) is 2.96. The second kappa shape index (κ2) is 4.25. The van der Waals surface area contributed by atoms with Gasteiger partial charge in [0.1, 0.15) is 12.1 Å². The molecule has 3 N–H and O–H groups in total. The third kappa shape index (κ3) is 2.61. The average Bonchev–Trinajstić information content (AvgIpc) is 2.98. The highest BCUT2D eigenvalue weighted by Gasteiger charge is 2.41. The first-order chi connectivity index (χ1) is 7.63. The Hall–Kier alpha value is -1.36. The van der Waals surface area contributed by atoms with Crippen LogP contribution in [0, 0.1) is 0 Å². The number of nitrogens with one attached hydrogen (secondary N) is 1. The Balaban J connectivity index is 2.04. The number of nitrogens with zero attached hydrogens (tertiary/aromatic N) is 2. The third-order valence-electron chi connectivity index (χ3n) is 2.64. The molecule has 0 amide bonds. The van der Waals surface area contributed by atoms with Crippen LogP contribution in [0.15, 0.2) is 12.4 Å². The normalized spacial score (nSPS) is 17.2. The summed E-state index contributed by atoms with van der Waals surface area (Å²) in [7, 11) is 0. The minimum atomic E-state index is 0.0590. The van der Waals surface area contributed by atoms with Gasteiger partial charge in [0.15, 0.2) is 0 Å². The molecule has 1 saturated carbocycles. The Morgan fingerprint density at radius 2 is 2.25 bits per heavy atom. The van der Waals surface area contributed by atoms with E-state index in [4.69, 9.17) is 10.5 Å². The van der Waals surface area contributed by atoms with Crippen LogP contribution in [-0.4, -0.2) is 28.2 Å². The Morgan fingerprint density at radius 3 is 2.81 bits per heavy atom. The van der Waals surface area contributed by atoms with Crippen molar-refractivity contribution in [2.75, 3.05) is 11.9 Å². The van der Waals surface area contributed by atoms with Gasteiger partial charge in [0, 0.05) is 12.6 Å². The van der Waals surface area contributed by atoms with Gasteiger partial charge >= 0.3 is 0 Å². The molecule has 5 heteroatoms. The van der Waals surface area contributed by atoms with E-state index in [1.807, 2.05) is 19.9 Å². The molecule has 0 aromatic carbocycles. The molecule has 0 unspecified atom stereocenters. The molecule has 1 aliphatic carbocycles. The first kappa shape index (κ1) is 11.1. The summed E-state index contributed by atoms with van der Waals surface area (Å²) in [4.78, 5) is 8.21. The lowest BCUT2D eigenvalue weighted by atomic mass is 10.3. The summed E-state index contributed by atoms with van der Waals surface area (Å²) in [5, 5.41) is 3.34. The molecule has 0 spiro atoms. The van der Waals surface area contributed by atoms with E-state index in [1.54, 1.807) is 0 Å². The standard InChI is InChI=1S/C11H18N4O/c1-8(2)16-10-5-9(13-7-14-10)15-11(6-12)3-4-11/h5,7-8H,3-4,6,12H2,1-2H3,(H,13,14,15). The van der Waals surface area contributed by atoms with Crippen LogP contribution in [0.2, 0.25) is 0 Å². The number of aromatic nitrogens is 2.